The van der Waals surface area contributed by atoms with Gasteiger partial charge in [0.25, 0.3) is 0 Å². The normalized spacial score (nSPS) is 17.0. The number of nitrogens with one attached hydrogen (secondary N) is 2. The summed E-state index contributed by atoms with van der Waals surface area (Å²) in [7, 11) is 1.82. The summed E-state index contributed by atoms with van der Waals surface area (Å²) in [6.45, 7) is 3.56. The minimum atomic E-state index is -0.439. The smallest absolute Gasteiger partial charge is 0.186 e. The van der Waals surface area contributed by atoms with E-state index in [1.165, 1.54) is 0 Å². The van der Waals surface area contributed by atoms with Crippen LogP contribution in [0.4, 0.5) is 0 Å². The number of hydrazone groups is 1. The number of rotatable bonds is 3. The molecule has 1 aromatic heterocycles. The lowest BCUT2D eigenvalue weighted by molar-refractivity contribution is 0.0822. The number of nitrogens with zero attached hydrogens (tertiary/aromatic N) is 2. The first-order valence-electron chi connectivity index (χ1n) is 7.19. The number of carbonyl (C=O) groups is 2. The average Bonchev–Trinajstić information content (AvgIpc) is 2.84. The number of aromatic nitrogens is 1. The number of fused-ring (bicyclic) bond motifs is 3. The first-order valence-corrected chi connectivity index (χ1v) is 7.59. The molecule has 1 unspecified atom stereocenters. The zero-order valence-electron chi connectivity index (χ0n) is 12.6. The van der Waals surface area contributed by atoms with Gasteiger partial charge in [0.15, 0.2) is 16.7 Å². The fourth-order valence-corrected chi connectivity index (χ4v) is 3.23. The molecule has 1 aliphatic carbocycles. The molecule has 2 aromatic rings. The zero-order valence-corrected chi connectivity index (χ0v) is 13.4. The van der Waals surface area contributed by atoms with E-state index in [2.05, 4.69) is 22.6 Å². The molecule has 0 aliphatic heterocycles. The molecule has 118 valence electrons. The lowest BCUT2D eigenvalue weighted by atomic mass is 9.84. The van der Waals surface area contributed by atoms with Crippen LogP contribution in [0.15, 0.2) is 29.4 Å². The molecule has 0 spiro atoms. The van der Waals surface area contributed by atoms with E-state index in [1.54, 1.807) is 0 Å². The van der Waals surface area contributed by atoms with E-state index in [1.807, 2.05) is 35.9 Å². The summed E-state index contributed by atoms with van der Waals surface area (Å²) in [6.07, 6.45) is 0.174. The number of thiocarbonyl (C=S) groups is 1. The van der Waals surface area contributed by atoms with Crippen LogP contribution < -0.4 is 10.7 Å². The van der Waals surface area contributed by atoms with Gasteiger partial charge in [-0.3, -0.25) is 15.0 Å². The van der Waals surface area contributed by atoms with E-state index in [9.17, 15) is 9.59 Å². The number of para-hydroxylation sites is 1. The van der Waals surface area contributed by atoms with Gasteiger partial charge >= 0.3 is 0 Å². The molecule has 0 amide bonds. The Morgan fingerprint density at radius 2 is 2.17 bits per heavy atom. The molecule has 3 rings (SSSR count). The molecule has 1 aliphatic rings. The van der Waals surface area contributed by atoms with Gasteiger partial charge in [-0.15, -0.1) is 0 Å². The van der Waals surface area contributed by atoms with Crippen molar-refractivity contribution in [2.45, 2.75) is 6.42 Å². The number of carbonyl (C=O) groups excluding carboxylic acids is 2. The van der Waals surface area contributed by atoms with Crippen LogP contribution in [0.3, 0.4) is 0 Å². The van der Waals surface area contributed by atoms with Crippen molar-refractivity contribution in [1.82, 2.24) is 15.3 Å². The van der Waals surface area contributed by atoms with E-state index in [-0.39, 0.29) is 29.6 Å². The maximum atomic E-state index is 12.9. The molecule has 2 N–H and O–H groups in total. The van der Waals surface area contributed by atoms with Gasteiger partial charge in [-0.2, -0.15) is 5.10 Å². The maximum Gasteiger partial charge on any atom is 0.186 e. The van der Waals surface area contributed by atoms with Crippen LogP contribution in [0.25, 0.3) is 10.9 Å². The van der Waals surface area contributed by atoms with Crippen molar-refractivity contribution in [3.63, 3.8) is 0 Å². The molecule has 0 bridgehead atoms. The van der Waals surface area contributed by atoms with Gasteiger partial charge in [0.05, 0.1) is 11.3 Å². The Kier molecular flexibility index (Phi) is 3.96. The standard InChI is InChI=1S/C16H16N4O2S/c1-17-19-16(23)18-8-9-7-12(21)14-13(15(9)22)10-5-3-4-6-11(10)20(14)2/h3-6,9H,1,7-8H2,2H3,(H2,18,19,23). The first-order chi connectivity index (χ1) is 11.0. The number of Topliss-reactive ketones (excluding diaryl/α,β-unsaturated/α-hetero) is 2. The lowest BCUT2D eigenvalue weighted by Crippen LogP contribution is -2.40. The fourth-order valence-electron chi connectivity index (χ4n) is 3.08. The molecule has 0 fully saturated rings. The molecule has 6 nitrogen and oxygen atoms in total. The molecule has 1 atom stereocenters. The Hall–Kier alpha value is -2.54. The van der Waals surface area contributed by atoms with Gasteiger partial charge < -0.3 is 9.88 Å². The third-order valence-corrected chi connectivity index (χ3v) is 4.35. The van der Waals surface area contributed by atoms with Crippen LogP contribution in [-0.4, -0.2) is 34.5 Å². The van der Waals surface area contributed by atoms with Crippen LogP contribution in [-0.2, 0) is 7.05 Å². The number of benzene rings is 1. The zero-order chi connectivity index (χ0) is 16.6. The molecule has 0 saturated heterocycles. The van der Waals surface area contributed by atoms with Gasteiger partial charge in [-0.1, -0.05) is 18.2 Å². The topological polar surface area (TPSA) is 75.5 Å². The summed E-state index contributed by atoms with van der Waals surface area (Å²) in [5.41, 5.74) is 4.41. The Labute approximate surface area is 138 Å². The minimum Gasteiger partial charge on any atom is -0.361 e. The summed E-state index contributed by atoms with van der Waals surface area (Å²) in [5.74, 6) is -0.491. The van der Waals surface area contributed by atoms with Crippen molar-refractivity contribution in [2.75, 3.05) is 6.54 Å². The highest BCUT2D eigenvalue weighted by Gasteiger charge is 2.36. The monoisotopic (exact) mass is 328 g/mol. The second kappa shape index (κ2) is 5.92. The van der Waals surface area contributed by atoms with E-state index >= 15 is 0 Å². The fraction of sp³-hybridized carbons (Fsp3) is 0.250. The Morgan fingerprint density at radius 1 is 1.43 bits per heavy atom. The van der Waals surface area contributed by atoms with Crippen molar-refractivity contribution < 1.29 is 9.59 Å². The second-order valence-electron chi connectivity index (χ2n) is 5.47. The summed E-state index contributed by atoms with van der Waals surface area (Å²) >= 11 is 4.99. The van der Waals surface area contributed by atoms with Crippen LogP contribution in [0.5, 0.6) is 0 Å². The molecule has 0 radical (unpaired) electrons. The molecule has 0 saturated carbocycles. The van der Waals surface area contributed by atoms with Crippen LogP contribution >= 0.6 is 12.2 Å². The SMILES string of the molecule is C=NNC(=S)NCC1CC(=O)c2c(c3ccccc3n2C)C1=O. The quantitative estimate of drug-likeness (QED) is 0.509. The Morgan fingerprint density at radius 3 is 2.91 bits per heavy atom. The Bertz CT molecular complexity index is 840. The van der Waals surface area contributed by atoms with E-state index in [4.69, 9.17) is 12.2 Å². The molecule has 23 heavy (non-hydrogen) atoms. The minimum absolute atomic E-state index is 0.0224. The highest BCUT2D eigenvalue weighted by molar-refractivity contribution is 7.80. The van der Waals surface area contributed by atoms with Crippen LogP contribution in [0.1, 0.15) is 27.3 Å². The van der Waals surface area contributed by atoms with E-state index in [0.717, 1.165) is 10.9 Å². The van der Waals surface area contributed by atoms with Crippen molar-refractivity contribution in [1.29, 1.82) is 0 Å². The van der Waals surface area contributed by atoms with Gasteiger partial charge in [-0.05, 0) is 18.3 Å². The summed E-state index contributed by atoms with van der Waals surface area (Å²) < 4.78 is 1.81. The predicted molar refractivity (Wildman–Crippen MR) is 93.0 cm³/mol. The van der Waals surface area contributed by atoms with Crippen molar-refractivity contribution in [3.8, 4) is 0 Å². The molecule has 1 heterocycles. The number of aryl methyl sites for hydroxylation is 1. The van der Waals surface area contributed by atoms with Gasteiger partial charge in [-0.25, -0.2) is 0 Å². The Balaban J connectivity index is 1.96. The van der Waals surface area contributed by atoms with Crippen molar-refractivity contribution in [3.05, 3.63) is 35.5 Å². The molecular formula is C16H16N4O2S. The second-order valence-corrected chi connectivity index (χ2v) is 5.88. The van der Waals surface area contributed by atoms with Crippen LogP contribution in [0.2, 0.25) is 0 Å². The van der Waals surface area contributed by atoms with Crippen LogP contribution in [0, 0.1) is 5.92 Å². The summed E-state index contributed by atoms with van der Waals surface area (Å²) in [6, 6.07) is 7.56. The molecule has 7 heteroatoms. The summed E-state index contributed by atoms with van der Waals surface area (Å²) in [4.78, 5) is 25.4. The lowest BCUT2D eigenvalue weighted by Gasteiger charge is -2.22. The van der Waals surface area contributed by atoms with Gasteiger partial charge in [0, 0.05) is 43.6 Å². The largest absolute Gasteiger partial charge is 0.361 e. The van der Waals surface area contributed by atoms with Gasteiger partial charge in [0.1, 0.15) is 0 Å². The van der Waals surface area contributed by atoms with E-state index in [0.29, 0.717) is 11.3 Å². The highest BCUT2D eigenvalue weighted by atomic mass is 32.1. The first kappa shape index (κ1) is 15.4. The average molecular weight is 328 g/mol. The van der Waals surface area contributed by atoms with E-state index < -0.39 is 5.92 Å². The molecular weight excluding hydrogens is 312 g/mol. The van der Waals surface area contributed by atoms with Gasteiger partial charge in [0.2, 0.25) is 0 Å². The highest BCUT2D eigenvalue weighted by Crippen LogP contribution is 2.33. The molecule has 1 aromatic carbocycles. The summed E-state index contributed by atoms with van der Waals surface area (Å²) in [5, 5.41) is 7.45. The number of ketones is 2. The van der Waals surface area contributed by atoms with Crippen molar-refractivity contribution >= 4 is 46.5 Å². The maximum absolute atomic E-state index is 12.9. The number of hydrogen-bond donors (Lipinski definition) is 2. The number of hydrogen-bond acceptors (Lipinski definition) is 4. The van der Waals surface area contributed by atoms with Crippen molar-refractivity contribution in [2.24, 2.45) is 18.1 Å². The predicted octanol–water partition coefficient (Wildman–Crippen LogP) is 1.64. The third-order valence-electron chi connectivity index (χ3n) is 4.11. The third kappa shape index (κ3) is 2.53.